The van der Waals surface area contributed by atoms with Gasteiger partial charge < -0.3 is 5.32 Å². The summed E-state index contributed by atoms with van der Waals surface area (Å²) in [5, 5.41) is 14.4. The lowest BCUT2D eigenvalue weighted by Crippen LogP contribution is -2.48. The Balaban J connectivity index is 1.56. The van der Waals surface area contributed by atoms with E-state index in [1.165, 1.54) is 18.2 Å². The van der Waals surface area contributed by atoms with Crippen molar-refractivity contribution in [1.29, 1.82) is 0 Å². The van der Waals surface area contributed by atoms with Crippen LogP contribution in [0.25, 0.3) is 11.4 Å². The third-order valence-corrected chi connectivity index (χ3v) is 6.04. The van der Waals surface area contributed by atoms with Crippen LogP contribution in [0, 0.1) is 5.92 Å². The van der Waals surface area contributed by atoms with Crippen molar-refractivity contribution in [3.63, 3.8) is 0 Å². The summed E-state index contributed by atoms with van der Waals surface area (Å²) in [4.78, 5) is 24.4. The van der Waals surface area contributed by atoms with Gasteiger partial charge in [0.05, 0.1) is 5.75 Å². The van der Waals surface area contributed by atoms with E-state index in [9.17, 15) is 9.59 Å². The molecule has 1 aromatic carbocycles. The maximum absolute atomic E-state index is 12.2. The third-order valence-electron chi connectivity index (χ3n) is 5.07. The third kappa shape index (κ3) is 5.69. The van der Waals surface area contributed by atoms with Crippen LogP contribution < -0.4 is 10.6 Å². The highest BCUT2D eigenvalue weighted by Gasteiger charge is 2.23. The lowest BCUT2D eigenvalue weighted by Gasteiger charge is -2.29. The highest BCUT2D eigenvalue weighted by atomic mass is 32.2. The molecule has 2 atom stereocenters. The number of amides is 3. The van der Waals surface area contributed by atoms with Gasteiger partial charge in [-0.25, -0.2) is 4.79 Å². The molecule has 1 heterocycles. The van der Waals surface area contributed by atoms with E-state index in [0.717, 1.165) is 30.7 Å². The number of allylic oxidation sites excluding steroid dienone is 1. The molecule has 1 aliphatic rings. The number of nitrogens with zero attached hydrogens (tertiary/aromatic N) is 3. The number of thioether (sulfide) groups is 1. The van der Waals surface area contributed by atoms with E-state index in [-0.39, 0.29) is 17.7 Å². The first kappa shape index (κ1) is 21.1. The van der Waals surface area contributed by atoms with Crippen molar-refractivity contribution < 1.29 is 9.59 Å². The van der Waals surface area contributed by atoms with E-state index in [2.05, 4.69) is 34.3 Å². The summed E-state index contributed by atoms with van der Waals surface area (Å²) in [6.07, 6.45) is 6.15. The summed E-state index contributed by atoms with van der Waals surface area (Å²) in [5.74, 6) is 0.883. The van der Waals surface area contributed by atoms with Crippen molar-refractivity contribution in [2.75, 3.05) is 5.75 Å². The maximum atomic E-state index is 12.2. The van der Waals surface area contributed by atoms with Crippen LogP contribution in [0.5, 0.6) is 0 Å². The molecule has 2 N–H and O–H groups in total. The zero-order valence-corrected chi connectivity index (χ0v) is 17.5. The van der Waals surface area contributed by atoms with Crippen LogP contribution in [-0.2, 0) is 11.3 Å². The summed E-state index contributed by atoms with van der Waals surface area (Å²) in [6, 6.07) is 9.45. The van der Waals surface area contributed by atoms with Crippen LogP contribution in [0.4, 0.5) is 4.79 Å². The second-order valence-electron chi connectivity index (χ2n) is 7.25. The molecule has 154 valence electrons. The van der Waals surface area contributed by atoms with Gasteiger partial charge in [0.2, 0.25) is 5.91 Å². The second-order valence-corrected chi connectivity index (χ2v) is 8.19. The van der Waals surface area contributed by atoms with Gasteiger partial charge in [-0.1, -0.05) is 67.9 Å². The van der Waals surface area contributed by atoms with Crippen molar-refractivity contribution in [1.82, 2.24) is 25.4 Å². The van der Waals surface area contributed by atoms with Crippen LogP contribution in [0.2, 0.25) is 0 Å². The molecule has 0 unspecified atom stereocenters. The van der Waals surface area contributed by atoms with Crippen molar-refractivity contribution >= 4 is 23.7 Å². The van der Waals surface area contributed by atoms with Crippen molar-refractivity contribution in [3.8, 4) is 11.4 Å². The quantitative estimate of drug-likeness (QED) is 0.534. The Morgan fingerprint density at radius 1 is 1.24 bits per heavy atom. The molecule has 1 aromatic heterocycles. The predicted octanol–water partition coefficient (Wildman–Crippen LogP) is 3.63. The summed E-state index contributed by atoms with van der Waals surface area (Å²) in [7, 11) is 0. The summed E-state index contributed by atoms with van der Waals surface area (Å²) in [6.45, 7) is 6.46. The average molecular weight is 414 g/mol. The van der Waals surface area contributed by atoms with Gasteiger partial charge in [-0.3, -0.25) is 14.7 Å². The molecule has 0 saturated heterocycles. The number of hydrogen-bond acceptors (Lipinski definition) is 5. The van der Waals surface area contributed by atoms with Gasteiger partial charge in [-0.05, 0) is 18.8 Å². The predicted molar refractivity (Wildman–Crippen MR) is 114 cm³/mol. The minimum absolute atomic E-state index is 0.0811. The molecular formula is C21H27N5O2S. The second kappa shape index (κ2) is 10.2. The van der Waals surface area contributed by atoms with E-state index in [1.807, 2.05) is 34.9 Å². The summed E-state index contributed by atoms with van der Waals surface area (Å²) >= 11 is 1.25. The molecule has 2 aromatic rings. The van der Waals surface area contributed by atoms with Crippen LogP contribution in [0.1, 0.15) is 32.6 Å². The number of rotatable bonds is 7. The Morgan fingerprint density at radius 2 is 2.00 bits per heavy atom. The number of imide groups is 1. The normalized spacial score (nSPS) is 18.8. The molecule has 1 saturated carbocycles. The van der Waals surface area contributed by atoms with Gasteiger partial charge in [-0.15, -0.1) is 16.8 Å². The Morgan fingerprint density at radius 3 is 2.72 bits per heavy atom. The van der Waals surface area contributed by atoms with Gasteiger partial charge in [0, 0.05) is 18.2 Å². The Hall–Kier alpha value is -2.61. The zero-order valence-electron chi connectivity index (χ0n) is 16.6. The zero-order chi connectivity index (χ0) is 20.6. The first-order valence-corrected chi connectivity index (χ1v) is 10.9. The standard InChI is InChI=1S/C21H27N5O2S/c1-3-13-26-19(16-10-5-4-6-11-16)24-25-21(26)29-14-18(27)23-20(28)22-17-12-8-7-9-15(17)2/h3-6,10-11,15,17H,1,7-9,12-14H2,2H3,(H2,22,23,27,28)/t15-,17+/m0/s1. The summed E-state index contributed by atoms with van der Waals surface area (Å²) in [5.41, 5.74) is 0.944. The number of aromatic nitrogens is 3. The van der Waals surface area contributed by atoms with Crippen molar-refractivity contribution in [2.45, 2.75) is 50.4 Å². The molecule has 0 bridgehead atoms. The Kier molecular flexibility index (Phi) is 7.46. The minimum Gasteiger partial charge on any atom is -0.335 e. The van der Waals surface area contributed by atoms with Crippen molar-refractivity contribution in [3.05, 3.63) is 43.0 Å². The molecule has 7 nitrogen and oxygen atoms in total. The van der Waals surface area contributed by atoms with Crippen molar-refractivity contribution in [2.24, 2.45) is 5.92 Å². The van der Waals surface area contributed by atoms with Gasteiger partial charge in [-0.2, -0.15) is 0 Å². The molecule has 1 aliphatic carbocycles. The lowest BCUT2D eigenvalue weighted by atomic mass is 9.86. The van der Waals surface area contributed by atoms with Gasteiger partial charge in [0.25, 0.3) is 0 Å². The topological polar surface area (TPSA) is 88.9 Å². The number of nitrogens with one attached hydrogen (secondary N) is 2. The van der Waals surface area contributed by atoms with Gasteiger partial charge in [0.15, 0.2) is 11.0 Å². The molecule has 1 fully saturated rings. The largest absolute Gasteiger partial charge is 0.335 e. The van der Waals surface area contributed by atoms with E-state index in [4.69, 9.17) is 0 Å². The molecule has 0 aliphatic heterocycles. The highest BCUT2D eigenvalue weighted by molar-refractivity contribution is 7.99. The summed E-state index contributed by atoms with van der Waals surface area (Å²) < 4.78 is 1.91. The first-order chi connectivity index (χ1) is 14.1. The van der Waals surface area contributed by atoms with Gasteiger partial charge >= 0.3 is 6.03 Å². The SMILES string of the molecule is C=CCn1c(SCC(=O)NC(=O)N[C@@H]2CCCC[C@@H]2C)nnc1-c1ccccc1. The van der Waals surface area contributed by atoms with Crippen LogP contribution in [0.3, 0.4) is 0 Å². The van der Waals surface area contributed by atoms with E-state index in [0.29, 0.717) is 17.6 Å². The van der Waals surface area contributed by atoms with E-state index in [1.54, 1.807) is 6.08 Å². The molecule has 29 heavy (non-hydrogen) atoms. The number of carbonyl (C=O) groups excluding carboxylic acids is 2. The average Bonchev–Trinajstić information content (AvgIpc) is 3.12. The fourth-order valence-corrected chi connectivity index (χ4v) is 4.27. The minimum atomic E-state index is -0.424. The Bertz CT molecular complexity index is 852. The lowest BCUT2D eigenvalue weighted by molar-refractivity contribution is -0.117. The smallest absolute Gasteiger partial charge is 0.321 e. The fourth-order valence-electron chi connectivity index (χ4n) is 3.52. The van der Waals surface area contributed by atoms with E-state index >= 15 is 0 Å². The number of hydrogen-bond donors (Lipinski definition) is 2. The number of benzene rings is 1. The monoisotopic (exact) mass is 413 g/mol. The molecule has 0 radical (unpaired) electrons. The first-order valence-electron chi connectivity index (χ1n) is 9.91. The van der Waals surface area contributed by atoms with Crippen LogP contribution >= 0.6 is 11.8 Å². The van der Waals surface area contributed by atoms with E-state index < -0.39 is 6.03 Å². The molecule has 3 rings (SSSR count). The number of carbonyl (C=O) groups is 2. The number of urea groups is 1. The highest BCUT2D eigenvalue weighted by Crippen LogP contribution is 2.24. The fraction of sp³-hybridized carbons (Fsp3) is 0.429. The van der Waals surface area contributed by atoms with Crippen LogP contribution in [-0.4, -0.2) is 38.5 Å². The molecule has 0 spiro atoms. The maximum Gasteiger partial charge on any atom is 0.321 e. The molecular weight excluding hydrogens is 386 g/mol. The molecule has 3 amide bonds. The van der Waals surface area contributed by atoms with Gasteiger partial charge in [0.1, 0.15) is 0 Å². The Labute approximate surface area is 175 Å². The van der Waals surface area contributed by atoms with Crippen LogP contribution in [0.15, 0.2) is 48.1 Å². The molecule has 8 heteroatoms.